The Balaban J connectivity index is 1.54. The Morgan fingerprint density at radius 3 is 2.77 bits per heavy atom. The summed E-state index contributed by atoms with van der Waals surface area (Å²) in [6.07, 6.45) is 3.75. The van der Waals surface area contributed by atoms with E-state index in [4.69, 9.17) is 15.2 Å². The number of ether oxygens (including phenoxy) is 2. The summed E-state index contributed by atoms with van der Waals surface area (Å²) in [7, 11) is 4.21. The van der Waals surface area contributed by atoms with Gasteiger partial charge in [0.05, 0.1) is 0 Å². The van der Waals surface area contributed by atoms with Crippen molar-refractivity contribution in [3.05, 3.63) is 24.5 Å². The smallest absolute Gasteiger partial charge is 0.231 e. The normalized spacial score (nSPS) is 17.3. The summed E-state index contributed by atoms with van der Waals surface area (Å²) in [5.41, 5.74) is 7.77. The number of benzene rings is 1. The number of likely N-dealkylation sites (tertiary alicyclic amines) is 1. The summed E-state index contributed by atoms with van der Waals surface area (Å²) in [6.45, 7) is 2.42. The van der Waals surface area contributed by atoms with Crippen LogP contribution in [0.1, 0.15) is 12.8 Å². The molecule has 138 valence electrons. The number of nitrogens with two attached hydrogens (primary N) is 1. The average Bonchev–Trinajstić information content (AvgIpc) is 3.11. The number of hydrogen-bond acceptors (Lipinski definition) is 8. The van der Waals surface area contributed by atoms with E-state index in [9.17, 15) is 0 Å². The molecule has 0 aliphatic carbocycles. The lowest BCUT2D eigenvalue weighted by Gasteiger charge is -2.36. The number of aromatic nitrogens is 2. The second-order valence-electron chi connectivity index (χ2n) is 6.80. The van der Waals surface area contributed by atoms with E-state index >= 15 is 0 Å². The topological polar surface area (TPSA) is 88.8 Å². The Hall–Kier alpha value is -2.74. The van der Waals surface area contributed by atoms with Crippen LogP contribution in [-0.2, 0) is 0 Å². The van der Waals surface area contributed by atoms with Gasteiger partial charge in [0.2, 0.25) is 6.79 Å². The molecule has 0 amide bonds. The van der Waals surface area contributed by atoms with Gasteiger partial charge in [0.25, 0.3) is 0 Å². The van der Waals surface area contributed by atoms with Crippen LogP contribution < -0.4 is 25.4 Å². The lowest BCUT2D eigenvalue weighted by atomic mass is 10.0. The monoisotopic (exact) mass is 356 g/mol. The van der Waals surface area contributed by atoms with E-state index in [1.54, 1.807) is 6.33 Å². The molecule has 0 radical (unpaired) electrons. The first-order valence-electron chi connectivity index (χ1n) is 8.80. The minimum absolute atomic E-state index is 0.250. The largest absolute Gasteiger partial charge is 0.454 e. The molecule has 26 heavy (non-hydrogen) atoms. The number of fused-ring (bicyclic) bond motifs is 1. The van der Waals surface area contributed by atoms with Crippen LogP contribution in [0.2, 0.25) is 0 Å². The van der Waals surface area contributed by atoms with Crippen LogP contribution in [0.3, 0.4) is 0 Å². The van der Waals surface area contributed by atoms with E-state index in [0.29, 0.717) is 23.3 Å². The molecule has 0 unspecified atom stereocenters. The third-order valence-electron chi connectivity index (χ3n) is 5.07. The van der Waals surface area contributed by atoms with Gasteiger partial charge in [-0.05, 0) is 45.1 Å². The van der Waals surface area contributed by atoms with Gasteiger partial charge >= 0.3 is 0 Å². The number of hydrogen-bond donors (Lipinski definition) is 2. The van der Waals surface area contributed by atoms with Crippen molar-refractivity contribution >= 4 is 23.0 Å². The molecule has 1 saturated heterocycles. The number of nitrogen functional groups attached to an aromatic ring is 1. The maximum atomic E-state index is 6.38. The van der Waals surface area contributed by atoms with Gasteiger partial charge in [-0.2, -0.15) is 0 Å². The fourth-order valence-corrected chi connectivity index (χ4v) is 3.43. The molecule has 0 bridgehead atoms. The molecule has 8 heteroatoms. The van der Waals surface area contributed by atoms with Crippen molar-refractivity contribution in [2.45, 2.75) is 18.9 Å². The van der Waals surface area contributed by atoms with Crippen molar-refractivity contribution in [3.8, 4) is 11.5 Å². The van der Waals surface area contributed by atoms with Crippen LogP contribution in [0.15, 0.2) is 24.5 Å². The fourth-order valence-electron chi connectivity index (χ4n) is 3.43. The minimum atomic E-state index is 0.250. The standard InChI is InChI=1S/C18H24N6O2/c1-23-7-5-13(6-8-23)24(2)18-16(19)17(20-10-21-18)22-12-3-4-14-15(9-12)26-11-25-14/h3-4,9-10,13H,5-8,11,19H2,1-2H3,(H,20,21,22). The van der Waals surface area contributed by atoms with Crippen molar-refractivity contribution in [2.24, 2.45) is 0 Å². The van der Waals surface area contributed by atoms with Gasteiger partial charge < -0.3 is 30.3 Å². The molecule has 3 N–H and O–H groups in total. The fraction of sp³-hybridized carbons (Fsp3) is 0.444. The van der Waals surface area contributed by atoms with E-state index < -0.39 is 0 Å². The van der Waals surface area contributed by atoms with E-state index in [1.807, 2.05) is 18.2 Å². The molecule has 0 spiro atoms. The summed E-state index contributed by atoms with van der Waals surface area (Å²) in [6, 6.07) is 6.09. The van der Waals surface area contributed by atoms with Crippen molar-refractivity contribution < 1.29 is 9.47 Å². The molecule has 0 saturated carbocycles. The van der Waals surface area contributed by atoms with Crippen molar-refractivity contribution in [2.75, 3.05) is 49.9 Å². The van der Waals surface area contributed by atoms with Gasteiger partial charge in [-0.1, -0.05) is 0 Å². The molecule has 4 rings (SSSR count). The highest BCUT2D eigenvalue weighted by molar-refractivity contribution is 5.78. The summed E-state index contributed by atoms with van der Waals surface area (Å²) in [5, 5.41) is 3.26. The second kappa shape index (κ2) is 6.87. The van der Waals surface area contributed by atoms with Crippen LogP contribution in [-0.4, -0.2) is 54.9 Å². The Labute approximate surface area is 152 Å². The van der Waals surface area contributed by atoms with Gasteiger partial charge in [-0.15, -0.1) is 0 Å². The molecule has 8 nitrogen and oxygen atoms in total. The zero-order chi connectivity index (χ0) is 18.1. The molecule has 1 aromatic carbocycles. The molecule has 1 fully saturated rings. The van der Waals surface area contributed by atoms with Gasteiger partial charge in [0.1, 0.15) is 12.0 Å². The minimum Gasteiger partial charge on any atom is -0.454 e. The molecule has 1 aromatic heterocycles. The molecule has 2 aromatic rings. The van der Waals surface area contributed by atoms with Crippen LogP contribution >= 0.6 is 0 Å². The van der Waals surface area contributed by atoms with E-state index in [-0.39, 0.29) is 6.79 Å². The summed E-state index contributed by atoms with van der Waals surface area (Å²) < 4.78 is 10.8. The molecule has 0 atom stereocenters. The highest BCUT2D eigenvalue weighted by atomic mass is 16.7. The first-order valence-corrected chi connectivity index (χ1v) is 8.80. The van der Waals surface area contributed by atoms with Crippen molar-refractivity contribution in [1.82, 2.24) is 14.9 Å². The van der Waals surface area contributed by atoms with Crippen LogP contribution in [0.5, 0.6) is 11.5 Å². The lowest BCUT2D eigenvalue weighted by Crippen LogP contribution is -2.42. The quantitative estimate of drug-likeness (QED) is 0.861. The maximum Gasteiger partial charge on any atom is 0.231 e. The zero-order valence-electron chi connectivity index (χ0n) is 15.1. The van der Waals surface area contributed by atoms with Crippen molar-refractivity contribution in [3.63, 3.8) is 0 Å². The second-order valence-corrected chi connectivity index (χ2v) is 6.80. The summed E-state index contributed by atoms with van der Waals surface area (Å²) in [4.78, 5) is 13.3. The zero-order valence-corrected chi connectivity index (χ0v) is 15.1. The van der Waals surface area contributed by atoms with Gasteiger partial charge in [0.15, 0.2) is 23.1 Å². The first kappa shape index (κ1) is 16.7. The van der Waals surface area contributed by atoms with Gasteiger partial charge in [0, 0.05) is 24.8 Å². The molecule has 2 aliphatic heterocycles. The van der Waals surface area contributed by atoms with Gasteiger partial charge in [-0.25, -0.2) is 9.97 Å². The lowest BCUT2D eigenvalue weighted by molar-refractivity contribution is 0.174. The van der Waals surface area contributed by atoms with E-state index in [1.165, 1.54) is 0 Å². The highest BCUT2D eigenvalue weighted by Crippen LogP contribution is 2.36. The third-order valence-corrected chi connectivity index (χ3v) is 5.07. The Morgan fingerprint density at radius 1 is 1.19 bits per heavy atom. The predicted octanol–water partition coefficient (Wildman–Crippen LogP) is 2.06. The Morgan fingerprint density at radius 2 is 1.96 bits per heavy atom. The van der Waals surface area contributed by atoms with Crippen molar-refractivity contribution in [1.29, 1.82) is 0 Å². The Bertz CT molecular complexity index is 791. The first-order chi connectivity index (χ1) is 12.6. The molecule has 3 heterocycles. The van der Waals surface area contributed by atoms with Crippen LogP contribution in [0.25, 0.3) is 0 Å². The summed E-state index contributed by atoms with van der Waals surface area (Å²) >= 11 is 0. The maximum absolute atomic E-state index is 6.38. The molecular formula is C18H24N6O2. The van der Waals surface area contributed by atoms with E-state index in [2.05, 4.69) is 39.2 Å². The van der Waals surface area contributed by atoms with Crippen LogP contribution in [0, 0.1) is 0 Å². The SMILES string of the molecule is CN1CCC(N(C)c2ncnc(Nc3ccc4c(c3)OCO4)c2N)CC1. The number of nitrogens with one attached hydrogen (secondary N) is 1. The number of rotatable bonds is 4. The number of anilines is 4. The molecule has 2 aliphatic rings. The third kappa shape index (κ3) is 3.20. The van der Waals surface area contributed by atoms with Gasteiger partial charge in [-0.3, -0.25) is 0 Å². The Kier molecular flexibility index (Phi) is 4.42. The molecular weight excluding hydrogens is 332 g/mol. The number of piperidine rings is 1. The average molecular weight is 356 g/mol. The highest BCUT2D eigenvalue weighted by Gasteiger charge is 2.24. The predicted molar refractivity (Wildman–Crippen MR) is 101 cm³/mol. The summed E-state index contributed by atoms with van der Waals surface area (Å²) in [5.74, 6) is 2.81. The van der Waals surface area contributed by atoms with E-state index in [0.717, 1.165) is 43.2 Å². The number of nitrogens with zero attached hydrogens (tertiary/aromatic N) is 4. The van der Waals surface area contributed by atoms with Crippen LogP contribution in [0.4, 0.5) is 23.0 Å².